The summed E-state index contributed by atoms with van der Waals surface area (Å²) in [6.07, 6.45) is 1.55. The maximum atomic E-state index is 9.43. The standard InChI is InChI=1S/C14H20O2/c1-14(2,3)10-4-6-11(7-5-10)16-13-9-8-12(13)15/h4-7,12-13,15H,8-9H2,1-3H3/t12-,13-/m0/s1. The molecule has 0 unspecified atom stereocenters. The van der Waals surface area contributed by atoms with Gasteiger partial charge in [0.05, 0.1) is 6.10 Å². The van der Waals surface area contributed by atoms with Gasteiger partial charge in [-0.15, -0.1) is 0 Å². The van der Waals surface area contributed by atoms with E-state index in [0.29, 0.717) is 0 Å². The van der Waals surface area contributed by atoms with Crippen LogP contribution in [-0.4, -0.2) is 17.3 Å². The lowest BCUT2D eigenvalue weighted by Crippen LogP contribution is -2.41. The number of hydrogen-bond acceptors (Lipinski definition) is 2. The first-order valence-electron chi connectivity index (χ1n) is 5.92. The minimum absolute atomic E-state index is 0.000451. The van der Waals surface area contributed by atoms with Crippen molar-refractivity contribution in [2.24, 2.45) is 0 Å². The van der Waals surface area contributed by atoms with Gasteiger partial charge in [0.1, 0.15) is 11.9 Å². The van der Waals surface area contributed by atoms with Gasteiger partial charge in [0.2, 0.25) is 0 Å². The third-order valence-corrected chi connectivity index (χ3v) is 3.18. The van der Waals surface area contributed by atoms with Crippen molar-refractivity contribution in [2.75, 3.05) is 0 Å². The summed E-state index contributed by atoms with van der Waals surface area (Å²) in [6, 6.07) is 8.18. The summed E-state index contributed by atoms with van der Waals surface area (Å²) in [4.78, 5) is 0. The molecule has 2 nitrogen and oxygen atoms in total. The van der Waals surface area contributed by atoms with Gasteiger partial charge in [-0.1, -0.05) is 32.9 Å². The van der Waals surface area contributed by atoms with Crippen LogP contribution in [0.4, 0.5) is 0 Å². The second-order valence-corrected chi connectivity index (χ2v) is 5.58. The fraction of sp³-hybridized carbons (Fsp3) is 0.571. The van der Waals surface area contributed by atoms with Crippen molar-refractivity contribution in [3.05, 3.63) is 29.8 Å². The quantitative estimate of drug-likeness (QED) is 0.830. The highest BCUT2D eigenvalue weighted by molar-refractivity contribution is 5.31. The molecule has 0 heterocycles. The molecular formula is C14H20O2. The summed E-state index contributed by atoms with van der Waals surface area (Å²) in [6.45, 7) is 6.58. The Morgan fingerprint density at radius 1 is 1.12 bits per heavy atom. The van der Waals surface area contributed by atoms with E-state index in [4.69, 9.17) is 4.74 Å². The van der Waals surface area contributed by atoms with Crippen LogP contribution >= 0.6 is 0 Å². The molecule has 0 radical (unpaired) electrons. The van der Waals surface area contributed by atoms with Crippen LogP contribution in [0, 0.1) is 0 Å². The molecule has 0 bridgehead atoms. The van der Waals surface area contributed by atoms with E-state index in [-0.39, 0.29) is 17.6 Å². The van der Waals surface area contributed by atoms with Crippen LogP contribution in [0.3, 0.4) is 0 Å². The van der Waals surface area contributed by atoms with E-state index in [1.54, 1.807) is 0 Å². The van der Waals surface area contributed by atoms with Gasteiger partial charge in [0, 0.05) is 0 Å². The highest BCUT2D eigenvalue weighted by Gasteiger charge is 2.30. The normalized spacial score (nSPS) is 25.0. The van der Waals surface area contributed by atoms with Gasteiger partial charge in [-0.05, 0) is 36.0 Å². The molecule has 1 aromatic rings. The molecule has 2 atom stereocenters. The second-order valence-electron chi connectivity index (χ2n) is 5.58. The van der Waals surface area contributed by atoms with Crippen LogP contribution in [0.2, 0.25) is 0 Å². The van der Waals surface area contributed by atoms with Gasteiger partial charge in [0.25, 0.3) is 0 Å². The van der Waals surface area contributed by atoms with Crippen molar-refractivity contribution < 1.29 is 9.84 Å². The smallest absolute Gasteiger partial charge is 0.125 e. The van der Waals surface area contributed by atoms with Crippen molar-refractivity contribution in [1.82, 2.24) is 0 Å². The number of benzene rings is 1. The molecule has 1 fully saturated rings. The molecule has 1 aliphatic carbocycles. The van der Waals surface area contributed by atoms with Crippen LogP contribution in [0.15, 0.2) is 24.3 Å². The summed E-state index contributed by atoms with van der Waals surface area (Å²) in [5, 5.41) is 9.43. The average Bonchev–Trinajstić information content (AvgIpc) is 2.23. The largest absolute Gasteiger partial charge is 0.488 e. The first kappa shape index (κ1) is 11.5. The maximum absolute atomic E-state index is 9.43. The van der Waals surface area contributed by atoms with Crippen molar-refractivity contribution in [2.45, 2.75) is 51.2 Å². The third-order valence-electron chi connectivity index (χ3n) is 3.18. The molecule has 16 heavy (non-hydrogen) atoms. The number of aliphatic hydroxyl groups is 1. The fourth-order valence-electron chi connectivity index (χ4n) is 1.80. The Labute approximate surface area is 97.3 Å². The lowest BCUT2D eigenvalue weighted by molar-refractivity contribution is -0.0361. The van der Waals surface area contributed by atoms with Gasteiger partial charge in [-0.25, -0.2) is 0 Å². The van der Waals surface area contributed by atoms with Crippen molar-refractivity contribution >= 4 is 0 Å². The Balaban J connectivity index is 2.02. The van der Waals surface area contributed by atoms with E-state index in [2.05, 4.69) is 32.9 Å². The predicted octanol–water partition coefficient (Wildman–Crippen LogP) is 2.89. The van der Waals surface area contributed by atoms with E-state index in [1.807, 2.05) is 12.1 Å². The average molecular weight is 220 g/mol. The predicted molar refractivity (Wildman–Crippen MR) is 64.8 cm³/mol. The van der Waals surface area contributed by atoms with Crippen molar-refractivity contribution in [3.63, 3.8) is 0 Å². The van der Waals surface area contributed by atoms with Gasteiger partial charge in [-0.3, -0.25) is 0 Å². The summed E-state index contributed by atoms with van der Waals surface area (Å²) in [7, 11) is 0. The number of ether oxygens (including phenoxy) is 1. The summed E-state index contributed by atoms with van der Waals surface area (Å²) in [5.41, 5.74) is 1.48. The summed E-state index contributed by atoms with van der Waals surface area (Å²) in [5.74, 6) is 0.858. The highest BCUT2D eigenvalue weighted by Crippen LogP contribution is 2.28. The Morgan fingerprint density at radius 3 is 2.12 bits per heavy atom. The minimum Gasteiger partial charge on any atom is -0.488 e. The molecule has 2 rings (SSSR count). The molecule has 0 saturated heterocycles. The number of rotatable bonds is 2. The molecule has 88 valence electrons. The summed E-state index contributed by atoms with van der Waals surface area (Å²) >= 11 is 0. The lowest BCUT2D eigenvalue weighted by Gasteiger charge is -2.32. The maximum Gasteiger partial charge on any atom is 0.125 e. The SMILES string of the molecule is CC(C)(C)c1ccc(O[C@H]2CC[C@@H]2O)cc1. The van der Waals surface area contributed by atoms with Crippen molar-refractivity contribution in [1.29, 1.82) is 0 Å². The Morgan fingerprint density at radius 2 is 1.75 bits per heavy atom. The molecule has 0 amide bonds. The first-order valence-corrected chi connectivity index (χ1v) is 5.92. The van der Waals surface area contributed by atoms with Gasteiger partial charge < -0.3 is 9.84 Å². The van der Waals surface area contributed by atoms with E-state index in [9.17, 15) is 5.11 Å². The zero-order chi connectivity index (χ0) is 11.8. The first-order chi connectivity index (χ1) is 7.47. The lowest BCUT2D eigenvalue weighted by atomic mass is 9.87. The topological polar surface area (TPSA) is 29.5 Å². The zero-order valence-corrected chi connectivity index (χ0v) is 10.2. The van der Waals surface area contributed by atoms with Crippen LogP contribution < -0.4 is 4.74 Å². The van der Waals surface area contributed by atoms with Crippen LogP contribution in [0.1, 0.15) is 39.2 Å². The Hall–Kier alpha value is -1.02. The molecule has 1 saturated carbocycles. The molecule has 0 spiro atoms. The molecule has 0 aromatic heterocycles. The number of hydrogen-bond donors (Lipinski definition) is 1. The molecular weight excluding hydrogens is 200 g/mol. The van der Waals surface area contributed by atoms with Gasteiger partial charge >= 0.3 is 0 Å². The Kier molecular flexibility index (Phi) is 2.94. The van der Waals surface area contributed by atoms with Gasteiger partial charge in [0.15, 0.2) is 0 Å². The second kappa shape index (κ2) is 4.10. The van der Waals surface area contributed by atoms with Gasteiger partial charge in [-0.2, -0.15) is 0 Å². The highest BCUT2D eigenvalue weighted by atomic mass is 16.5. The third kappa shape index (κ3) is 2.38. The Bertz CT molecular complexity index is 348. The zero-order valence-electron chi connectivity index (χ0n) is 10.2. The van der Waals surface area contributed by atoms with E-state index >= 15 is 0 Å². The molecule has 1 N–H and O–H groups in total. The van der Waals surface area contributed by atoms with Crippen LogP contribution in [0.25, 0.3) is 0 Å². The van der Waals surface area contributed by atoms with E-state index in [1.165, 1.54) is 5.56 Å². The van der Waals surface area contributed by atoms with E-state index < -0.39 is 0 Å². The molecule has 0 aliphatic heterocycles. The van der Waals surface area contributed by atoms with E-state index in [0.717, 1.165) is 18.6 Å². The fourth-order valence-corrected chi connectivity index (χ4v) is 1.80. The van der Waals surface area contributed by atoms with Crippen LogP contribution in [0.5, 0.6) is 5.75 Å². The summed E-state index contributed by atoms with van der Waals surface area (Å²) < 4.78 is 5.68. The molecule has 2 heteroatoms. The number of aliphatic hydroxyl groups excluding tert-OH is 1. The molecule has 1 aromatic carbocycles. The van der Waals surface area contributed by atoms with Crippen molar-refractivity contribution in [3.8, 4) is 5.75 Å². The molecule has 1 aliphatic rings. The monoisotopic (exact) mass is 220 g/mol. The minimum atomic E-state index is -0.276. The van der Waals surface area contributed by atoms with Crippen LogP contribution in [-0.2, 0) is 5.41 Å².